The van der Waals surface area contributed by atoms with E-state index in [1.54, 1.807) is 0 Å². The van der Waals surface area contributed by atoms with Crippen LogP contribution in [0.25, 0.3) is 10.9 Å². The third-order valence-corrected chi connectivity index (χ3v) is 4.37. The first kappa shape index (κ1) is 13.4. The lowest BCUT2D eigenvalue weighted by Crippen LogP contribution is -2.31. The third-order valence-electron chi connectivity index (χ3n) is 4.37. The van der Waals surface area contributed by atoms with Gasteiger partial charge in [0.1, 0.15) is 0 Å². The second kappa shape index (κ2) is 5.18. The molecule has 22 heavy (non-hydrogen) atoms. The summed E-state index contributed by atoms with van der Waals surface area (Å²) in [7, 11) is 0. The van der Waals surface area contributed by atoms with Gasteiger partial charge in [-0.2, -0.15) is 0 Å². The number of pyridine rings is 1. The second-order valence-electron chi connectivity index (χ2n) is 5.75. The van der Waals surface area contributed by atoms with Crippen LogP contribution in [-0.4, -0.2) is 29.3 Å². The maximum Gasteiger partial charge on any atom is 0.252 e. The number of fused-ring (bicyclic) bond motifs is 2. The summed E-state index contributed by atoms with van der Waals surface area (Å²) in [5.74, 6) is 1.42. The average molecular weight is 298 g/mol. The Kier molecular flexibility index (Phi) is 3.15. The smallest absolute Gasteiger partial charge is 0.252 e. The predicted molar refractivity (Wildman–Crippen MR) is 84.3 cm³/mol. The summed E-state index contributed by atoms with van der Waals surface area (Å²) in [4.78, 5) is 17.6. The number of nitrogens with one attached hydrogen (secondary N) is 1. The van der Waals surface area contributed by atoms with Crippen molar-refractivity contribution in [2.75, 3.05) is 13.3 Å². The van der Waals surface area contributed by atoms with Crippen molar-refractivity contribution in [3.63, 3.8) is 0 Å². The molecule has 3 heterocycles. The number of rotatable bonds is 3. The minimum atomic E-state index is -0.0341. The lowest BCUT2D eigenvalue weighted by Gasteiger charge is -2.22. The van der Waals surface area contributed by atoms with Crippen LogP contribution in [0.3, 0.4) is 0 Å². The molecule has 114 valence electrons. The molecule has 1 N–H and O–H groups in total. The van der Waals surface area contributed by atoms with Crippen LogP contribution in [0.2, 0.25) is 0 Å². The molecule has 0 fully saturated rings. The van der Waals surface area contributed by atoms with Crippen molar-refractivity contribution in [3.05, 3.63) is 46.3 Å². The summed E-state index contributed by atoms with van der Waals surface area (Å²) in [6.45, 7) is 3.96. The second-order valence-corrected chi connectivity index (χ2v) is 5.75. The van der Waals surface area contributed by atoms with E-state index >= 15 is 0 Å². The maximum absolute atomic E-state index is 12.3. The number of H-pyrrole nitrogens is 1. The Morgan fingerprint density at radius 2 is 2.09 bits per heavy atom. The molecule has 1 aromatic heterocycles. The Bertz CT molecular complexity index is 809. The van der Waals surface area contributed by atoms with Gasteiger partial charge in [-0.3, -0.25) is 9.69 Å². The molecule has 0 spiro atoms. The Balaban J connectivity index is 1.71. The fraction of sp³-hybridized carbons (Fsp3) is 0.353. The normalized spacial score (nSPS) is 20.1. The van der Waals surface area contributed by atoms with Gasteiger partial charge in [-0.1, -0.05) is 19.1 Å². The van der Waals surface area contributed by atoms with Crippen molar-refractivity contribution in [2.45, 2.75) is 25.9 Å². The third kappa shape index (κ3) is 2.18. The fourth-order valence-electron chi connectivity index (χ4n) is 3.16. The molecule has 2 aliphatic heterocycles. The average Bonchev–Trinajstić information content (AvgIpc) is 3.14. The molecule has 1 aromatic carbocycles. The van der Waals surface area contributed by atoms with E-state index in [9.17, 15) is 4.79 Å². The number of aromatic nitrogens is 1. The zero-order valence-electron chi connectivity index (χ0n) is 12.5. The number of ether oxygens (including phenoxy) is 2. The Morgan fingerprint density at radius 3 is 2.91 bits per heavy atom. The van der Waals surface area contributed by atoms with E-state index in [0.717, 1.165) is 35.2 Å². The van der Waals surface area contributed by atoms with Crippen molar-refractivity contribution in [1.82, 2.24) is 9.88 Å². The molecule has 0 saturated heterocycles. The van der Waals surface area contributed by atoms with Gasteiger partial charge in [0.25, 0.3) is 5.56 Å². The van der Waals surface area contributed by atoms with Crippen LogP contribution < -0.4 is 15.0 Å². The van der Waals surface area contributed by atoms with Crippen LogP contribution in [-0.2, 0) is 6.54 Å². The lowest BCUT2D eigenvalue weighted by molar-refractivity contribution is 0.174. The molecule has 1 atom stereocenters. The minimum absolute atomic E-state index is 0.0341. The topological polar surface area (TPSA) is 54.6 Å². The van der Waals surface area contributed by atoms with Gasteiger partial charge in [0.15, 0.2) is 11.5 Å². The van der Waals surface area contributed by atoms with E-state index in [4.69, 9.17) is 9.47 Å². The molecule has 2 aromatic rings. The SMILES string of the molecule is CC[C@H]1C=CCN1Cc1cc2cc3c(cc2[nH]c1=O)OCO3. The summed E-state index contributed by atoms with van der Waals surface area (Å²) >= 11 is 0. The maximum atomic E-state index is 12.3. The van der Waals surface area contributed by atoms with Crippen molar-refractivity contribution >= 4 is 10.9 Å². The van der Waals surface area contributed by atoms with Crippen molar-refractivity contribution < 1.29 is 9.47 Å². The van der Waals surface area contributed by atoms with Crippen LogP contribution in [0.5, 0.6) is 11.5 Å². The van der Waals surface area contributed by atoms with Crippen LogP contribution in [0, 0.1) is 0 Å². The number of hydrogen-bond donors (Lipinski definition) is 1. The Labute approximate surface area is 128 Å². The molecular formula is C17H18N2O3. The molecular weight excluding hydrogens is 280 g/mol. The van der Waals surface area contributed by atoms with E-state index in [-0.39, 0.29) is 12.4 Å². The lowest BCUT2D eigenvalue weighted by atomic mass is 10.1. The van der Waals surface area contributed by atoms with Crippen molar-refractivity contribution in [2.24, 2.45) is 0 Å². The fourth-order valence-corrected chi connectivity index (χ4v) is 3.16. The van der Waals surface area contributed by atoms with Gasteiger partial charge in [0, 0.05) is 36.1 Å². The standard InChI is InChI=1S/C17H18N2O3/c1-2-13-4-3-5-19(13)9-12-6-11-7-15-16(22-10-21-15)8-14(11)18-17(12)20/h3-4,6-8,13H,2,5,9-10H2,1H3,(H,18,20)/t13-/m0/s1. The van der Waals surface area contributed by atoms with Crippen molar-refractivity contribution in [1.29, 1.82) is 0 Å². The van der Waals surface area contributed by atoms with Gasteiger partial charge in [0.05, 0.1) is 5.52 Å². The molecule has 0 saturated carbocycles. The number of aromatic amines is 1. The first-order chi connectivity index (χ1) is 10.7. The molecule has 5 nitrogen and oxygen atoms in total. The molecule has 0 aliphatic carbocycles. The van der Waals surface area contributed by atoms with E-state index in [1.807, 2.05) is 18.2 Å². The van der Waals surface area contributed by atoms with Crippen LogP contribution in [0.1, 0.15) is 18.9 Å². The number of nitrogens with zero attached hydrogens (tertiary/aromatic N) is 1. The highest BCUT2D eigenvalue weighted by Crippen LogP contribution is 2.35. The largest absolute Gasteiger partial charge is 0.454 e. The quantitative estimate of drug-likeness (QED) is 0.884. The molecule has 0 amide bonds. The Hall–Kier alpha value is -2.27. The van der Waals surface area contributed by atoms with Crippen LogP contribution in [0.4, 0.5) is 0 Å². The highest BCUT2D eigenvalue weighted by Gasteiger charge is 2.20. The zero-order chi connectivity index (χ0) is 15.1. The molecule has 5 heteroatoms. The van der Waals surface area contributed by atoms with Gasteiger partial charge in [-0.15, -0.1) is 0 Å². The first-order valence-corrected chi connectivity index (χ1v) is 7.61. The van der Waals surface area contributed by atoms with E-state index in [0.29, 0.717) is 18.3 Å². The first-order valence-electron chi connectivity index (χ1n) is 7.61. The van der Waals surface area contributed by atoms with E-state index in [1.165, 1.54) is 0 Å². The number of benzene rings is 1. The Morgan fingerprint density at radius 1 is 1.27 bits per heavy atom. The predicted octanol–water partition coefficient (Wildman–Crippen LogP) is 2.41. The highest BCUT2D eigenvalue weighted by molar-refractivity contribution is 5.83. The summed E-state index contributed by atoms with van der Waals surface area (Å²) in [6.07, 6.45) is 5.44. The molecule has 0 unspecified atom stereocenters. The monoisotopic (exact) mass is 298 g/mol. The molecule has 0 radical (unpaired) electrons. The van der Waals surface area contributed by atoms with Crippen LogP contribution in [0.15, 0.2) is 35.1 Å². The minimum Gasteiger partial charge on any atom is -0.454 e. The van der Waals surface area contributed by atoms with Crippen LogP contribution >= 0.6 is 0 Å². The van der Waals surface area contributed by atoms with Gasteiger partial charge in [-0.25, -0.2) is 0 Å². The van der Waals surface area contributed by atoms with Crippen molar-refractivity contribution in [3.8, 4) is 11.5 Å². The van der Waals surface area contributed by atoms with E-state index in [2.05, 4.69) is 29.0 Å². The van der Waals surface area contributed by atoms with Gasteiger partial charge < -0.3 is 14.5 Å². The molecule has 0 bridgehead atoms. The molecule has 2 aliphatic rings. The zero-order valence-corrected chi connectivity index (χ0v) is 12.5. The molecule has 4 rings (SSSR count). The van der Waals surface area contributed by atoms with Gasteiger partial charge in [-0.05, 0) is 18.6 Å². The highest BCUT2D eigenvalue weighted by atomic mass is 16.7. The summed E-state index contributed by atoms with van der Waals surface area (Å²) in [5.41, 5.74) is 1.53. The van der Waals surface area contributed by atoms with Gasteiger partial charge >= 0.3 is 0 Å². The summed E-state index contributed by atoms with van der Waals surface area (Å²) < 4.78 is 10.8. The van der Waals surface area contributed by atoms with E-state index < -0.39 is 0 Å². The summed E-state index contributed by atoms with van der Waals surface area (Å²) in [6, 6.07) is 6.14. The number of hydrogen-bond acceptors (Lipinski definition) is 4. The van der Waals surface area contributed by atoms with Gasteiger partial charge in [0.2, 0.25) is 6.79 Å². The summed E-state index contributed by atoms with van der Waals surface area (Å²) in [5, 5.41) is 0.971.